The zero-order valence-electron chi connectivity index (χ0n) is 5.96. The molecular formula is C8H8NO2. The molecule has 1 radical (unpaired) electrons. The molecule has 0 spiro atoms. The van der Waals surface area contributed by atoms with Crippen molar-refractivity contribution in [1.29, 1.82) is 0 Å². The van der Waals surface area contributed by atoms with Crippen molar-refractivity contribution in [2.45, 2.75) is 0 Å². The van der Waals surface area contributed by atoms with Gasteiger partial charge in [0.05, 0.1) is 5.69 Å². The van der Waals surface area contributed by atoms with Crippen LogP contribution in [0.25, 0.3) is 0 Å². The molecule has 57 valence electrons. The first-order chi connectivity index (χ1) is 5.36. The zero-order valence-corrected chi connectivity index (χ0v) is 5.96. The molecule has 0 aliphatic carbocycles. The van der Waals surface area contributed by atoms with E-state index in [0.717, 1.165) is 18.0 Å². The molecule has 1 aliphatic rings. The number of fused-ring (bicyclic) bond motifs is 1. The summed E-state index contributed by atoms with van der Waals surface area (Å²) in [5, 5.41) is 13.9. The first-order valence-corrected chi connectivity index (χ1v) is 3.54. The van der Waals surface area contributed by atoms with Gasteiger partial charge in [0.15, 0.2) is 5.75 Å². The molecule has 1 aliphatic heterocycles. The first kappa shape index (κ1) is 6.34. The second kappa shape index (κ2) is 2.34. The summed E-state index contributed by atoms with van der Waals surface area (Å²) in [4.78, 5) is 0. The van der Waals surface area contributed by atoms with E-state index < -0.39 is 0 Å². The predicted octanol–water partition coefficient (Wildman–Crippen LogP) is 1.63. The topological polar surface area (TPSA) is 41.2 Å². The molecule has 0 unspecified atom stereocenters. The molecule has 0 fully saturated rings. The molecular weight excluding hydrogens is 142 g/mol. The van der Waals surface area contributed by atoms with Gasteiger partial charge in [-0.2, -0.15) is 0 Å². The fraction of sp³-hybridized carbons (Fsp3) is 0.250. The van der Waals surface area contributed by atoms with Gasteiger partial charge in [-0.15, -0.1) is 0 Å². The molecule has 11 heavy (non-hydrogen) atoms. The second-order valence-corrected chi connectivity index (χ2v) is 2.43. The number of hydrogen-bond acceptors (Lipinski definition) is 2. The highest BCUT2D eigenvalue weighted by atomic mass is 16.5. The lowest BCUT2D eigenvalue weighted by Gasteiger charge is -2.18. The minimum atomic E-state index is 0.0155. The fourth-order valence-electron chi connectivity index (χ4n) is 1.12. The van der Waals surface area contributed by atoms with Gasteiger partial charge in [0.2, 0.25) is 0 Å². The van der Waals surface area contributed by atoms with Gasteiger partial charge < -0.3 is 10.1 Å². The summed E-state index contributed by atoms with van der Waals surface area (Å²) in [6.07, 6.45) is 0. The van der Waals surface area contributed by atoms with Crippen molar-refractivity contribution < 1.29 is 9.84 Å². The molecule has 0 bridgehead atoms. The number of hydrogen-bond donors (Lipinski definition) is 1. The normalized spacial score (nSPS) is 14.5. The third-order valence-electron chi connectivity index (χ3n) is 1.63. The van der Waals surface area contributed by atoms with Crippen LogP contribution in [0.1, 0.15) is 0 Å². The fourth-order valence-corrected chi connectivity index (χ4v) is 1.12. The Hall–Kier alpha value is -1.38. The Labute approximate surface area is 64.6 Å². The summed E-state index contributed by atoms with van der Waals surface area (Å²) in [7, 11) is 0. The quantitative estimate of drug-likeness (QED) is 0.610. The van der Waals surface area contributed by atoms with E-state index in [1.807, 2.05) is 0 Å². The van der Waals surface area contributed by atoms with Crippen LogP contribution >= 0.6 is 0 Å². The van der Waals surface area contributed by atoms with Crippen LogP contribution < -0.4 is 10.1 Å². The summed E-state index contributed by atoms with van der Waals surface area (Å²) in [5.74, 6) is 0.789. The average Bonchev–Trinajstić information content (AvgIpc) is 2.04. The van der Waals surface area contributed by atoms with Crippen LogP contribution in [-0.2, 0) is 5.11 Å². The smallest absolute Gasteiger partial charge is 0.180 e. The van der Waals surface area contributed by atoms with E-state index in [4.69, 9.17) is 4.74 Å². The monoisotopic (exact) mass is 150 g/mol. The Morgan fingerprint density at radius 2 is 2.36 bits per heavy atom. The molecule has 0 atom stereocenters. The SMILES string of the molecule is [O]c1ccc2c(c1)NCCO2. The number of rotatable bonds is 0. The van der Waals surface area contributed by atoms with Crippen molar-refractivity contribution in [3.05, 3.63) is 18.2 Å². The van der Waals surface area contributed by atoms with E-state index >= 15 is 0 Å². The number of benzene rings is 1. The molecule has 0 amide bonds. The minimum Gasteiger partial charge on any atom is -0.490 e. The maximum atomic E-state index is 10.8. The molecule has 1 aromatic rings. The molecule has 1 heterocycles. The Balaban J connectivity index is 2.43. The maximum absolute atomic E-state index is 10.8. The van der Waals surface area contributed by atoms with Crippen LogP contribution in [0, 0.1) is 0 Å². The highest BCUT2D eigenvalue weighted by Crippen LogP contribution is 2.30. The van der Waals surface area contributed by atoms with E-state index in [1.165, 1.54) is 6.07 Å². The molecule has 0 aromatic heterocycles. The van der Waals surface area contributed by atoms with Gasteiger partial charge in [-0.3, -0.25) is 5.11 Å². The van der Waals surface area contributed by atoms with Crippen molar-refractivity contribution in [3.8, 4) is 11.5 Å². The van der Waals surface area contributed by atoms with Gasteiger partial charge in [-0.25, -0.2) is 0 Å². The Bertz CT molecular complexity index is 273. The highest BCUT2D eigenvalue weighted by Gasteiger charge is 2.09. The predicted molar refractivity (Wildman–Crippen MR) is 40.6 cm³/mol. The van der Waals surface area contributed by atoms with Crippen molar-refractivity contribution in [3.63, 3.8) is 0 Å². The van der Waals surface area contributed by atoms with Crippen LogP contribution in [0.3, 0.4) is 0 Å². The summed E-state index contributed by atoms with van der Waals surface area (Å²) < 4.78 is 5.28. The lowest BCUT2D eigenvalue weighted by atomic mass is 10.2. The van der Waals surface area contributed by atoms with Crippen LogP contribution in [0.4, 0.5) is 5.69 Å². The lowest BCUT2D eigenvalue weighted by molar-refractivity contribution is 0.319. The molecule has 1 N–H and O–H groups in total. The summed E-state index contributed by atoms with van der Waals surface area (Å²) in [6.45, 7) is 1.45. The van der Waals surface area contributed by atoms with E-state index in [-0.39, 0.29) is 5.75 Å². The van der Waals surface area contributed by atoms with Gasteiger partial charge in [0, 0.05) is 12.6 Å². The number of anilines is 1. The maximum Gasteiger partial charge on any atom is 0.180 e. The van der Waals surface area contributed by atoms with Gasteiger partial charge in [0.25, 0.3) is 0 Å². The zero-order chi connectivity index (χ0) is 7.68. The molecule has 2 rings (SSSR count). The van der Waals surface area contributed by atoms with Crippen molar-refractivity contribution in [1.82, 2.24) is 0 Å². The average molecular weight is 150 g/mol. The number of ether oxygens (including phenoxy) is 1. The van der Waals surface area contributed by atoms with Crippen LogP contribution in [-0.4, -0.2) is 13.2 Å². The van der Waals surface area contributed by atoms with Crippen molar-refractivity contribution in [2.75, 3.05) is 18.5 Å². The number of nitrogens with one attached hydrogen (secondary N) is 1. The minimum absolute atomic E-state index is 0.0155. The van der Waals surface area contributed by atoms with E-state index in [0.29, 0.717) is 6.61 Å². The lowest BCUT2D eigenvalue weighted by Crippen LogP contribution is -2.17. The van der Waals surface area contributed by atoms with Crippen molar-refractivity contribution in [2.24, 2.45) is 0 Å². The van der Waals surface area contributed by atoms with Gasteiger partial charge in [-0.05, 0) is 12.1 Å². The van der Waals surface area contributed by atoms with E-state index in [1.54, 1.807) is 12.1 Å². The standard InChI is InChI=1S/C8H8NO2/c10-6-1-2-8-7(5-6)9-3-4-11-8/h1-2,5,9H,3-4H2. The van der Waals surface area contributed by atoms with Crippen LogP contribution in [0.15, 0.2) is 18.2 Å². The summed E-state index contributed by atoms with van der Waals surface area (Å²) in [5.41, 5.74) is 0.809. The Kier molecular flexibility index (Phi) is 1.35. The summed E-state index contributed by atoms with van der Waals surface area (Å²) >= 11 is 0. The van der Waals surface area contributed by atoms with Gasteiger partial charge >= 0.3 is 0 Å². The Morgan fingerprint density at radius 1 is 1.45 bits per heavy atom. The summed E-state index contributed by atoms with van der Waals surface area (Å²) in [6, 6.07) is 4.75. The third kappa shape index (κ3) is 1.09. The van der Waals surface area contributed by atoms with Crippen LogP contribution in [0.2, 0.25) is 0 Å². The molecule has 0 saturated carbocycles. The van der Waals surface area contributed by atoms with Gasteiger partial charge in [0.1, 0.15) is 12.4 Å². The second-order valence-electron chi connectivity index (χ2n) is 2.43. The highest BCUT2D eigenvalue weighted by molar-refractivity contribution is 5.60. The van der Waals surface area contributed by atoms with Crippen LogP contribution in [0.5, 0.6) is 11.5 Å². The molecule has 3 nitrogen and oxygen atoms in total. The molecule has 1 aromatic carbocycles. The van der Waals surface area contributed by atoms with E-state index in [2.05, 4.69) is 5.32 Å². The van der Waals surface area contributed by atoms with Gasteiger partial charge in [-0.1, -0.05) is 0 Å². The third-order valence-corrected chi connectivity index (χ3v) is 1.63. The first-order valence-electron chi connectivity index (χ1n) is 3.54. The van der Waals surface area contributed by atoms with E-state index in [9.17, 15) is 5.11 Å². The molecule has 3 heteroatoms. The van der Waals surface area contributed by atoms with Crippen molar-refractivity contribution >= 4 is 5.69 Å². The molecule has 0 saturated heterocycles. The largest absolute Gasteiger partial charge is 0.490 e. The Morgan fingerprint density at radius 3 is 3.27 bits per heavy atom.